The van der Waals surface area contributed by atoms with Crippen molar-refractivity contribution < 1.29 is 19.4 Å². The molecule has 1 saturated carbocycles. The summed E-state index contributed by atoms with van der Waals surface area (Å²) in [4.78, 5) is 29.0. The highest BCUT2D eigenvalue weighted by molar-refractivity contribution is 5.78. The largest absolute Gasteiger partial charge is 0.494 e. The van der Waals surface area contributed by atoms with Crippen molar-refractivity contribution in [1.29, 1.82) is 0 Å². The van der Waals surface area contributed by atoms with Crippen LogP contribution in [0, 0.1) is 12.3 Å². The number of likely N-dealkylation sites (tertiary alicyclic amines) is 1. The zero-order valence-corrected chi connectivity index (χ0v) is 22.0. The van der Waals surface area contributed by atoms with Crippen molar-refractivity contribution in [2.24, 2.45) is 5.41 Å². The number of amides is 2. The minimum absolute atomic E-state index is 0.0347. The maximum Gasteiger partial charge on any atom is 0.318 e. The Hall–Kier alpha value is -2.28. The fourth-order valence-electron chi connectivity index (χ4n) is 6.21. The first-order valence-corrected chi connectivity index (χ1v) is 13.5. The molecule has 2 heterocycles. The smallest absolute Gasteiger partial charge is 0.318 e. The summed E-state index contributed by atoms with van der Waals surface area (Å²) in [7, 11) is 0. The molecule has 0 unspecified atom stereocenters. The molecule has 4 rings (SSSR count). The Balaban J connectivity index is 1.36. The fourth-order valence-corrected chi connectivity index (χ4v) is 6.21. The number of ether oxygens (including phenoxy) is 1. The molecule has 3 aliphatic rings. The minimum Gasteiger partial charge on any atom is -0.494 e. The van der Waals surface area contributed by atoms with Crippen LogP contribution in [-0.2, 0) is 17.8 Å². The Kier molecular flexibility index (Phi) is 7.65. The van der Waals surface area contributed by atoms with Crippen molar-refractivity contribution in [1.82, 2.24) is 15.1 Å². The van der Waals surface area contributed by atoms with Gasteiger partial charge in [-0.2, -0.15) is 0 Å². The van der Waals surface area contributed by atoms with E-state index in [4.69, 9.17) is 4.74 Å². The summed E-state index contributed by atoms with van der Waals surface area (Å²) in [6.45, 7) is 12.5. The SMILES string of the molecule is CCCc1cc(C)c(OCC)cc1CN1CCC2(CC1)CN([C@H]1CC[C@](C)(C(=O)O)CC1)C(=O)N2. The summed E-state index contributed by atoms with van der Waals surface area (Å²) in [6, 6.07) is 4.72. The summed E-state index contributed by atoms with van der Waals surface area (Å²) in [5.41, 5.74) is 3.18. The van der Waals surface area contributed by atoms with Crippen molar-refractivity contribution in [3.05, 3.63) is 28.8 Å². The Morgan fingerprint density at radius 3 is 2.43 bits per heavy atom. The van der Waals surface area contributed by atoms with Crippen LogP contribution in [-0.4, -0.2) is 64.7 Å². The fraction of sp³-hybridized carbons (Fsp3) is 0.714. The molecule has 1 spiro atoms. The molecule has 0 atom stereocenters. The van der Waals surface area contributed by atoms with Crippen molar-refractivity contribution in [2.45, 2.75) is 97.2 Å². The highest BCUT2D eigenvalue weighted by atomic mass is 16.5. The second-order valence-corrected chi connectivity index (χ2v) is 11.3. The molecule has 1 aromatic carbocycles. The molecule has 3 fully saturated rings. The lowest BCUT2D eigenvalue weighted by Crippen LogP contribution is -2.52. The third-order valence-electron chi connectivity index (χ3n) is 8.65. The van der Waals surface area contributed by atoms with Crippen molar-refractivity contribution in [3.63, 3.8) is 0 Å². The van der Waals surface area contributed by atoms with Crippen LogP contribution in [0.15, 0.2) is 12.1 Å². The van der Waals surface area contributed by atoms with E-state index in [2.05, 4.69) is 36.2 Å². The number of nitrogens with one attached hydrogen (secondary N) is 1. The van der Waals surface area contributed by atoms with Gasteiger partial charge in [0.05, 0.1) is 17.6 Å². The Morgan fingerprint density at radius 1 is 1.14 bits per heavy atom. The third-order valence-corrected chi connectivity index (χ3v) is 8.65. The Bertz CT molecular complexity index is 930. The average Bonchev–Trinajstić information content (AvgIpc) is 3.14. The monoisotopic (exact) mass is 485 g/mol. The zero-order valence-electron chi connectivity index (χ0n) is 22.0. The predicted octanol–water partition coefficient (Wildman–Crippen LogP) is 4.74. The van der Waals surface area contributed by atoms with Gasteiger partial charge in [0.1, 0.15) is 5.75 Å². The van der Waals surface area contributed by atoms with Gasteiger partial charge in [-0.25, -0.2) is 4.79 Å². The lowest BCUT2D eigenvalue weighted by atomic mass is 9.73. The van der Waals surface area contributed by atoms with Gasteiger partial charge in [-0.1, -0.05) is 19.4 Å². The average molecular weight is 486 g/mol. The number of carbonyl (C=O) groups excluding carboxylic acids is 1. The molecular weight excluding hydrogens is 442 g/mol. The van der Waals surface area contributed by atoms with E-state index in [1.807, 2.05) is 18.7 Å². The van der Waals surface area contributed by atoms with Crippen LogP contribution in [0.4, 0.5) is 4.79 Å². The van der Waals surface area contributed by atoms with Gasteiger partial charge in [-0.15, -0.1) is 0 Å². The standard InChI is InChI=1S/C28H43N3O4/c1-5-7-21-16-20(3)24(35-6-2)17-22(21)18-30-14-12-28(13-15-30)19-31(26(34)29-28)23-8-10-27(4,11-9-23)25(32)33/h16-17,23H,5-15,18-19H2,1-4H3,(H,29,34)(H,32,33)/t23-,27-. The maximum atomic E-state index is 12.9. The zero-order chi connectivity index (χ0) is 25.2. The van der Waals surface area contributed by atoms with Crippen LogP contribution < -0.4 is 10.1 Å². The van der Waals surface area contributed by atoms with Crippen LogP contribution in [0.1, 0.15) is 82.4 Å². The van der Waals surface area contributed by atoms with Gasteiger partial charge in [0.25, 0.3) is 0 Å². The third kappa shape index (κ3) is 5.45. The normalized spacial score (nSPS) is 26.7. The van der Waals surface area contributed by atoms with E-state index in [0.29, 0.717) is 19.4 Å². The second-order valence-electron chi connectivity index (χ2n) is 11.3. The number of hydrogen-bond donors (Lipinski definition) is 2. The first-order valence-electron chi connectivity index (χ1n) is 13.5. The number of aryl methyl sites for hydroxylation is 2. The van der Waals surface area contributed by atoms with Gasteiger partial charge in [-0.3, -0.25) is 9.69 Å². The number of urea groups is 1. The predicted molar refractivity (Wildman–Crippen MR) is 137 cm³/mol. The molecule has 2 N–H and O–H groups in total. The first-order chi connectivity index (χ1) is 16.7. The van der Waals surface area contributed by atoms with Gasteiger partial charge in [0.15, 0.2) is 0 Å². The minimum atomic E-state index is -0.713. The quantitative estimate of drug-likeness (QED) is 0.556. The highest BCUT2D eigenvalue weighted by Crippen LogP contribution is 2.40. The van der Waals surface area contributed by atoms with Gasteiger partial charge in [0.2, 0.25) is 0 Å². The molecule has 2 saturated heterocycles. The number of carbonyl (C=O) groups is 2. The van der Waals surface area contributed by atoms with Crippen molar-refractivity contribution in [3.8, 4) is 5.75 Å². The molecule has 7 heteroatoms. The van der Waals surface area contributed by atoms with Gasteiger partial charge in [-0.05, 0) is 88.5 Å². The molecule has 2 amide bonds. The van der Waals surface area contributed by atoms with Crippen LogP contribution in [0.25, 0.3) is 0 Å². The molecule has 7 nitrogen and oxygen atoms in total. The number of rotatable bonds is 8. The number of nitrogens with zero attached hydrogens (tertiary/aromatic N) is 2. The lowest BCUT2D eigenvalue weighted by Gasteiger charge is -2.40. The molecule has 0 radical (unpaired) electrons. The summed E-state index contributed by atoms with van der Waals surface area (Å²) in [6.07, 6.45) is 6.91. The van der Waals surface area contributed by atoms with Crippen LogP contribution >= 0.6 is 0 Å². The number of carboxylic acid groups (broad SMARTS) is 1. The number of piperidine rings is 1. The topological polar surface area (TPSA) is 82.1 Å². The summed E-state index contributed by atoms with van der Waals surface area (Å²) in [5.74, 6) is 0.274. The Morgan fingerprint density at radius 2 is 1.83 bits per heavy atom. The molecule has 0 bridgehead atoms. The van der Waals surface area contributed by atoms with Crippen molar-refractivity contribution in [2.75, 3.05) is 26.2 Å². The highest BCUT2D eigenvalue weighted by Gasteiger charge is 2.48. The van der Waals surface area contributed by atoms with Gasteiger partial charge in [0, 0.05) is 32.2 Å². The first kappa shape index (κ1) is 25.8. The van der Waals surface area contributed by atoms with E-state index < -0.39 is 11.4 Å². The lowest BCUT2D eigenvalue weighted by molar-refractivity contribution is -0.150. The summed E-state index contributed by atoms with van der Waals surface area (Å²) in [5, 5.41) is 12.9. The summed E-state index contributed by atoms with van der Waals surface area (Å²) < 4.78 is 5.88. The van der Waals surface area contributed by atoms with Gasteiger partial charge >= 0.3 is 12.0 Å². The van der Waals surface area contributed by atoms with Gasteiger partial charge < -0.3 is 20.1 Å². The van der Waals surface area contributed by atoms with E-state index in [1.54, 1.807) is 0 Å². The van der Waals surface area contributed by atoms with E-state index in [0.717, 1.165) is 70.5 Å². The maximum absolute atomic E-state index is 12.9. The molecular formula is C28H43N3O4. The van der Waals surface area contributed by atoms with Crippen LogP contribution in [0.2, 0.25) is 0 Å². The molecule has 0 aromatic heterocycles. The van der Waals surface area contributed by atoms with E-state index in [1.165, 1.54) is 16.7 Å². The molecule has 1 aromatic rings. The molecule has 2 aliphatic heterocycles. The molecule has 1 aliphatic carbocycles. The number of hydrogen-bond acceptors (Lipinski definition) is 4. The Labute approximate surface area is 210 Å². The van der Waals surface area contributed by atoms with E-state index >= 15 is 0 Å². The van der Waals surface area contributed by atoms with Crippen LogP contribution in [0.5, 0.6) is 5.75 Å². The molecule has 194 valence electrons. The summed E-state index contributed by atoms with van der Waals surface area (Å²) >= 11 is 0. The second kappa shape index (κ2) is 10.4. The number of aliphatic carboxylic acids is 1. The van der Waals surface area contributed by atoms with Crippen molar-refractivity contribution >= 4 is 12.0 Å². The van der Waals surface area contributed by atoms with Crippen LogP contribution in [0.3, 0.4) is 0 Å². The number of benzene rings is 1. The van der Waals surface area contributed by atoms with E-state index in [9.17, 15) is 14.7 Å². The molecule has 35 heavy (non-hydrogen) atoms. The number of carboxylic acids is 1. The van der Waals surface area contributed by atoms with E-state index in [-0.39, 0.29) is 17.6 Å².